The Hall–Kier alpha value is -1.96. The van der Waals surface area contributed by atoms with E-state index in [-0.39, 0.29) is 0 Å². The molecule has 0 bridgehead atoms. The molecule has 0 radical (unpaired) electrons. The molecule has 2 aromatic heterocycles. The second kappa shape index (κ2) is 5.80. The second-order valence-corrected chi connectivity index (χ2v) is 6.07. The first-order valence-electron chi connectivity index (χ1n) is 6.94. The fraction of sp³-hybridized carbons (Fsp3) is 0.538. The molecular weight excluding hydrogens is 286 g/mol. The summed E-state index contributed by atoms with van der Waals surface area (Å²) in [7, 11) is 3.88. The highest BCUT2D eigenvalue weighted by Crippen LogP contribution is 2.23. The van der Waals surface area contributed by atoms with Crippen molar-refractivity contribution < 1.29 is 0 Å². The number of hydrogen-bond acceptors (Lipinski definition) is 8. The zero-order valence-electron chi connectivity index (χ0n) is 12.4. The van der Waals surface area contributed by atoms with Crippen LogP contribution in [-0.4, -0.2) is 52.6 Å². The van der Waals surface area contributed by atoms with Crippen LogP contribution in [0.3, 0.4) is 0 Å². The first-order chi connectivity index (χ1) is 10.1. The SMILES string of the molecule is Cc1nsc(N2CCC(Nc3ccnc(N(C)C)n3)C2)n1. The molecule has 0 amide bonds. The maximum Gasteiger partial charge on any atom is 0.226 e. The lowest BCUT2D eigenvalue weighted by atomic mass is 10.2. The van der Waals surface area contributed by atoms with E-state index in [2.05, 4.69) is 29.5 Å². The van der Waals surface area contributed by atoms with E-state index in [0.717, 1.165) is 42.2 Å². The Balaban J connectivity index is 1.63. The Morgan fingerprint density at radius 1 is 1.38 bits per heavy atom. The Labute approximate surface area is 128 Å². The van der Waals surface area contributed by atoms with Crippen molar-refractivity contribution in [3.8, 4) is 0 Å². The molecule has 1 N–H and O–H groups in total. The largest absolute Gasteiger partial charge is 0.365 e. The van der Waals surface area contributed by atoms with E-state index >= 15 is 0 Å². The third-order valence-electron chi connectivity index (χ3n) is 3.37. The van der Waals surface area contributed by atoms with Gasteiger partial charge in [0, 0.05) is 51.0 Å². The van der Waals surface area contributed by atoms with E-state index in [1.807, 2.05) is 32.0 Å². The lowest BCUT2D eigenvalue weighted by Crippen LogP contribution is -2.26. The van der Waals surface area contributed by atoms with Crippen molar-refractivity contribution in [2.24, 2.45) is 0 Å². The molecule has 0 saturated carbocycles. The minimum Gasteiger partial charge on any atom is -0.365 e. The van der Waals surface area contributed by atoms with Crippen LogP contribution in [0.4, 0.5) is 16.9 Å². The molecule has 7 nitrogen and oxygen atoms in total. The molecule has 0 spiro atoms. The van der Waals surface area contributed by atoms with Crippen LogP contribution >= 0.6 is 11.5 Å². The summed E-state index contributed by atoms with van der Waals surface area (Å²) in [5.74, 6) is 2.43. The van der Waals surface area contributed by atoms with E-state index in [4.69, 9.17) is 0 Å². The molecule has 1 saturated heterocycles. The number of rotatable bonds is 4. The summed E-state index contributed by atoms with van der Waals surface area (Å²) in [6.45, 7) is 3.85. The minimum absolute atomic E-state index is 0.374. The number of aryl methyl sites for hydroxylation is 1. The van der Waals surface area contributed by atoms with Gasteiger partial charge in [0.25, 0.3) is 0 Å². The van der Waals surface area contributed by atoms with E-state index in [1.54, 1.807) is 6.20 Å². The summed E-state index contributed by atoms with van der Waals surface area (Å²) in [4.78, 5) is 17.3. The van der Waals surface area contributed by atoms with Gasteiger partial charge >= 0.3 is 0 Å². The first-order valence-corrected chi connectivity index (χ1v) is 7.71. The van der Waals surface area contributed by atoms with Crippen LogP contribution in [0.5, 0.6) is 0 Å². The highest BCUT2D eigenvalue weighted by Gasteiger charge is 2.25. The van der Waals surface area contributed by atoms with Gasteiger partial charge < -0.3 is 15.1 Å². The second-order valence-electron chi connectivity index (χ2n) is 5.34. The van der Waals surface area contributed by atoms with Crippen LogP contribution in [-0.2, 0) is 0 Å². The molecule has 8 heteroatoms. The van der Waals surface area contributed by atoms with Crippen molar-refractivity contribution in [3.05, 3.63) is 18.1 Å². The molecule has 0 aromatic carbocycles. The zero-order chi connectivity index (χ0) is 14.8. The molecule has 3 rings (SSSR count). The van der Waals surface area contributed by atoms with Gasteiger partial charge in [0.05, 0.1) is 0 Å². The Kier molecular flexibility index (Phi) is 3.87. The molecular formula is C13H19N7S. The topological polar surface area (TPSA) is 70.1 Å². The van der Waals surface area contributed by atoms with Gasteiger partial charge in [-0.1, -0.05) is 0 Å². The van der Waals surface area contributed by atoms with Crippen LogP contribution in [0.1, 0.15) is 12.2 Å². The lowest BCUT2D eigenvalue weighted by molar-refractivity contribution is 0.798. The highest BCUT2D eigenvalue weighted by molar-refractivity contribution is 7.09. The third kappa shape index (κ3) is 3.21. The summed E-state index contributed by atoms with van der Waals surface area (Å²) in [6.07, 6.45) is 2.85. The maximum absolute atomic E-state index is 4.50. The molecule has 1 aliphatic rings. The van der Waals surface area contributed by atoms with Gasteiger partial charge in [0.15, 0.2) is 0 Å². The Morgan fingerprint density at radius 3 is 2.95 bits per heavy atom. The van der Waals surface area contributed by atoms with Gasteiger partial charge in [0.2, 0.25) is 11.1 Å². The van der Waals surface area contributed by atoms with E-state index < -0.39 is 0 Å². The number of nitrogens with zero attached hydrogens (tertiary/aromatic N) is 6. The smallest absolute Gasteiger partial charge is 0.226 e. The van der Waals surface area contributed by atoms with Crippen LogP contribution in [0.15, 0.2) is 12.3 Å². The molecule has 3 heterocycles. The van der Waals surface area contributed by atoms with Gasteiger partial charge in [0.1, 0.15) is 11.6 Å². The number of hydrogen-bond donors (Lipinski definition) is 1. The van der Waals surface area contributed by atoms with Crippen molar-refractivity contribution in [1.29, 1.82) is 0 Å². The Bertz CT molecular complexity index is 612. The minimum atomic E-state index is 0.374. The average Bonchev–Trinajstić information content (AvgIpc) is 3.08. The van der Waals surface area contributed by atoms with Crippen molar-refractivity contribution >= 4 is 28.4 Å². The van der Waals surface area contributed by atoms with Crippen LogP contribution < -0.4 is 15.1 Å². The summed E-state index contributed by atoms with van der Waals surface area (Å²) in [5, 5.41) is 4.49. The summed E-state index contributed by atoms with van der Waals surface area (Å²) < 4.78 is 4.24. The standard InChI is InChI=1S/C13H19N7S/c1-9-15-13(21-18-9)20-7-5-10(8-20)16-11-4-6-14-12(17-11)19(2)3/h4,6,10H,5,7-8H2,1-3H3,(H,14,16,17). The number of aromatic nitrogens is 4. The fourth-order valence-corrected chi connectivity index (χ4v) is 3.03. The zero-order valence-corrected chi connectivity index (χ0v) is 13.3. The molecule has 1 aliphatic heterocycles. The number of anilines is 3. The molecule has 1 fully saturated rings. The first kappa shape index (κ1) is 14.0. The average molecular weight is 305 g/mol. The molecule has 1 unspecified atom stereocenters. The molecule has 21 heavy (non-hydrogen) atoms. The third-order valence-corrected chi connectivity index (χ3v) is 4.24. The van der Waals surface area contributed by atoms with Crippen LogP contribution in [0.25, 0.3) is 0 Å². The van der Waals surface area contributed by atoms with Gasteiger partial charge in [-0.15, -0.1) is 0 Å². The predicted octanol–water partition coefficient (Wildman–Crippen LogP) is 1.39. The predicted molar refractivity (Wildman–Crippen MR) is 85.2 cm³/mol. The van der Waals surface area contributed by atoms with E-state index in [0.29, 0.717) is 6.04 Å². The van der Waals surface area contributed by atoms with E-state index in [1.165, 1.54) is 11.5 Å². The van der Waals surface area contributed by atoms with Crippen molar-refractivity contribution in [1.82, 2.24) is 19.3 Å². The van der Waals surface area contributed by atoms with Gasteiger partial charge in [-0.3, -0.25) is 0 Å². The summed E-state index contributed by atoms with van der Waals surface area (Å²) in [6, 6.07) is 2.28. The van der Waals surface area contributed by atoms with Gasteiger partial charge in [-0.25, -0.2) is 9.97 Å². The molecule has 2 aromatic rings. The van der Waals surface area contributed by atoms with Crippen molar-refractivity contribution in [2.75, 3.05) is 42.3 Å². The van der Waals surface area contributed by atoms with Gasteiger partial charge in [-0.2, -0.15) is 9.36 Å². The van der Waals surface area contributed by atoms with Crippen LogP contribution in [0, 0.1) is 6.92 Å². The lowest BCUT2D eigenvalue weighted by Gasteiger charge is -2.17. The van der Waals surface area contributed by atoms with Gasteiger partial charge in [-0.05, 0) is 19.4 Å². The highest BCUT2D eigenvalue weighted by atomic mass is 32.1. The van der Waals surface area contributed by atoms with Crippen molar-refractivity contribution in [3.63, 3.8) is 0 Å². The number of nitrogens with one attached hydrogen (secondary N) is 1. The Morgan fingerprint density at radius 2 is 2.24 bits per heavy atom. The van der Waals surface area contributed by atoms with E-state index in [9.17, 15) is 0 Å². The van der Waals surface area contributed by atoms with Crippen molar-refractivity contribution in [2.45, 2.75) is 19.4 Å². The maximum atomic E-state index is 4.50. The molecule has 112 valence electrons. The van der Waals surface area contributed by atoms with Crippen LogP contribution in [0.2, 0.25) is 0 Å². The monoisotopic (exact) mass is 305 g/mol. The fourth-order valence-electron chi connectivity index (χ4n) is 2.32. The summed E-state index contributed by atoms with van der Waals surface area (Å²) >= 11 is 1.47. The molecule has 1 atom stereocenters. The quantitative estimate of drug-likeness (QED) is 0.915. The molecule has 0 aliphatic carbocycles. The summed E-state index contributed by atoms with van der Waals surface area (Å²) in [5.41, 5.74) is 0. The normalized spacial score (nSPS) is 18.0.